The molecule has 5 rings (SSSR count). The third-order valence-electron chi connectivity index (χ3n) is 4.24. The van der Waals surface area contributed by atoms with Crippen molar-refractivity contribution in [1.29, 1.82) is 0 Å². The van der Waals surface area contributed by atoms with Crippen LogP contribution in [0.4, 0.5) is 14.4 Å². The van der Waals surface area contributed by atoms with E-state index in [4.69, 9.17) is 4.74 Å². The molecular formula is C21H32O13. The van der Waals surface area contributed by atoms with Crippen LogP contribution in [0.2, 0.25) is 0 Å². The summed E-state index contributed by atoms with van der Waals surface area (Å²) >= 11 is 0. The van der Waals surface area contributed by atoms with Crippen molar-refractivity contribution >= 4 is 30.4 Å². The predicted molar refractivity (Wildman–Crippen MR) is 111 cm³/mol. The predicted octanol–water partition coefficient (Wildman–Crippen LogP) is 2.66. The van der Waals surface area contributed by atoms with Crippen molar-refractivity contribution in [2.45, 2.75) is 71.2 Å². The molecule has 0 spiro atoms. The molecule has 0 aromatic rings. The molecule has 5 aliphatic heterocycles. The molecule has 0 aromatic heterocycles. The van der Waals surface area contributed by atoms with Crippen LogP contribution in [0.1, 0.15) is 52.9 Å². The molecular weight excluding hydrogens is 460 g/mol. The molecule has 0 amide bonds. The number of hydrogen-bond acceptors (Lipinski definition) is 13. The van der Waals surface area contributed by atoms with Crippen molar-refractivity contribution in [2.24, 2.45) is 0 Å². The number of rotatable bonds is 1. The molecule has 5 fully saturated rings. The topological polar surface area (TPSA) is 159 Å². The Bertz CT molecular complexity index is 618. The van der Waals surface area contributed by atoms with Gasteiger partial charge in [0.2, 0.25) is 0 Å². The third kappa shape index (κ3) is 14.0. The summed E-state index contributed by atoms with van der Waals surface area (Å²) in [5.74, 6) is -0.0949. The minimum Gasteiger partial charge on any atom is -0.466 e. The monoisotopic (exact) mass is 492 g/mol. The summed E-state index contributed by atoms with van der Waals surface area (Å²) in [6, 6.07) is 0. The van der Waals surface area contributed by atoms with E-state index in [2.05, 4.69) is 33.2 Å². The zero-order valence-electron chi connectivity index (χ0n) is 19.6. The molecule has 5 heterocycles. The van der Waals surface area contributed by atoms with Gasteiger partial charge in [-0.3, -0.25) is 9.59 Å². The SMILES string of the molecule is CC1CCC(=O)O1.CC1COC(=O)O1.CCC1COC(=O)O1.O=C1CCCO1.O=C1OCCO1. The van der Waals surface area contributed by atoms with Gasteiger partial charge in [-0.2, -0.15) is 0 Å². The maximum atomic E-state index is 10.2. The second-order valence-corrected chi connectivity index (χ2v) is 7.31. The molecule has 5 saturated heterocycles. The van der Waals surface area contributed by atoms with E-state index in [1.807, 2.05) is 13.8 Å². The van der Waals surface area contributed by atoms with Crippen LogP contribution in [0, 0.1) is 0 Å². The molecule has 0 bridgehead atoms. The minimum absolute atomic E-state index is 0.00231. The van der Waals surface area contributed by atoms with E-state index in [1.54, 1.807) is 6.92 Å². The van der Waals surface area contributed by atoms with E-state index in [0.717, 1.165) is 19.3 Å². The molecule has 0 aliphatic carbocycles. The maximum absolute atomic E-state index is 10.2. The molecule has 5 aliphatic rings. The highest BCUT2D eigenvalue weighted by atomic mass is 16.8. The van der Waals surface area contributed by atoms with Crippen LogP contribution in [0.15, 0.2) is 0 Å². The molecule has 3 unspecified atom stereocenters. The van der Waals surface area contributed by atoms with Crippen molar-refractivity contribution in [3.63, 3.8) is 0 Å². The van der Waals surface area contributed by atoms with Crippen LogP contribution in [-0.4, -0.2) is 81.8 Å². The summed E-state index contributed by atoms with van der Waals surface area (Å²) < 4.78 is 35.9. The maximum Gasteiger partial charge on any atom is 0.508 e. The fourth-order valence-corrected chi connectivity index (χ4v) is 2.41. The lowest BCUT2D eigenvalue weighted by atomic mass is 10.3. The summed E-state index contributed by atoms with van der Waals surface area (Å²) in [5, 5.41) is 0. The summed E-state index contributed by atoms with van der Waals surface area (Å²) in [5.41, 5.74) is 0. The van der Waals surface area contributed by atoms with Crippen LogP contribution >= 0.6 is 0 Å². The first-order valence-corrected chi connectivity index (χ1v) is 11.0. The second kappa shape index (κ2) is 16.4. The zero-order valence-corrected chi connectivity index (χ0v) is 19.6. The highest BCUT2D eigenvalue weighted by Gasteiger charge is 2.22. The van der Waals surface area contributed by atoms with Gasteiger partial charge in [-0.25, -0.2) is 14.4 Å². The number of carbonyl (C=O) groups is 5. The standard InChI is InChI=1S/C5H8O3.C5H8O2.C4H6O3.C4H6O2.C3H4O3/c1-2-4-3-7-5(6)8-4;1-4-2-3-5(6)7-4;1-3-2-6-4(5)7-3;5-4-2-1-3-6-4;4-3-5-1-2-6-3/h4H,2-3H2,1H3;4H,2-3H2,1H3;3H,2H2,1H3;1-3H2;1-2H2. The van der Waals surface area contributed by atoms with Crippen molar-refractivity contribution in [3.05, 3.63) is 0 Å². The lowest BCUT2D eigenvalue weighted by Gasteiger charge is -1.97. The number of esters is 2. The van der Waals surface area contributed by atoms with Crippen molar-refractivity contribution < 1.29 is 61.9 Å². The van der Waals surface area contributed by atoms with Crippen molar-refractivity contribution in [2.75, 3.05) is 33.0 Å². The molecule has 194 valence electrons. The number of carbonyl (C=O) groups excluding carboxylic acids is 5. The van der Waals surface area contributed by atoms with E-state index in [-0.39, 0.29) is 30.3 Å². The van der Waals surface area contributed by atoms with Gasteiger partial charge in [0.25, 0.3) is 0 Å². The Morgan fingerprint density at radius 1 is 0.647 bits per heavy atom. The Labute approximate surface area is 197 Å². The van der Waals surface area contributed by atoms with Gasteiger partial charge in [0, 0.05) is 12.8 Å². The highest BCUT2D eigenvalue weighted by Crippen LogP contribution is 2.11. The van der Waals surface area contributed by atoms with E-state index in [0.29, 0.717) is 45.9 Å². The van der Waals surface area contributed by atoms with Crippen LogP contribution in [0.25, 0.3) is 0 Å². The molecule has 0 radical (unpaired) electrons. The van der Waals surface area contributed by atoms with Gasteiger partial charge in [-0.05, 0) is 33.1 Å². The first-order chi connectivity index (χ1) is 16.2. The Balaban J connectivity index is 0.000000213. The molecule has 34 heavy (non-hydrogen) atoms. The fraction of sp³-hybridized carbons (Fsp3) is 0.762. The van der Waals surface area contributed by atoms with E-state index < -0.39 is 18.5 Å². The summed E-state index contributed by atoms with van der Waals surface area (Å²) in [6.07, 6.45) is 2.40. The Morgan fingerprint density at radius 2 is 1.29 bits per heavy atom. The van der Waals surface area contributed by atoms with Gasteiger partial charge in [-0.1, -0.05) is 6.92 Å². The first-order valence-electron chi connectivity index (χ1n) is 11.0. The van der Waals surface area contributed by atoms with Crippen molar-refractivity contribution in [3.8, 4) is 0 Å². The quantitative estimate of drug-likeness (QED) is 0.388. The lowest BCUT2D eigenvalue weighted by molar-refractivity contribution is -0.141. The highest BCUT2D eigenvalue weighted by molar-refractivity contribution is 5.71. The average Bonchev–Trinajstić information content (AvgIpc) is 3.62. The first kappa shape index (κ1) is 28.8. The fourth-order valence-electron chi connectivity index (χ4n) is 2.41. The molecule has 13 heteroatoms. The minimum atomic E-state index is -0.549. The van der Waals surface area contributed by atoms with Crippen LogP contribution in [-0.2, 0) is 47.5 Å². The van der Waals surface area contributed by atoms with Gasteiger partial charge in [0.05, 0.1) is 12.7 Å². The largest absolute Gasteiger partial charge is 0.508 e. The van der Waals surface area contributed by atoms with Gasteiger partial charge < -0.3 is 37.9 Å². The zero-order chi connectivity index (χ0) is 25.3. The van der Waals surface area contributed by atoms with E-state index in [9.17, 15) is 24.0 Å². The van der Waals surface area contributed by atoms with Crippen molar-refractivity contribution in [1.82, 2.24) is 0 Å². The number of hydrogen-bond donors (Lipinski definition) is 0. The van der Waals surface area contributed by atoms with Gasteiger partial charge >= 0.3 is 30.4 Å². The summed E-state index contributed by atoms with van der Waals surface area (Å²) in [7, 11) is 0. The molecule has 13 nitrogen and oxygen atoms in total. The molecule has 3 atom stereocenters. The van der Waals surface area contributed by atoms with E-state index in [1.165, 1.54) is 0 Å². The molecule has 0 saturated carbocycles. The van der Waals surface area contributed by atoms with E-state index >= 15 is 0 Å². The van der Waals surface area contributed by atoms with Crippen LogP contribution in [0.5, 0.6) is 0 Å². The molecule has 0 aromatic carbocycles. The number of ether oxygens (including phenoxy) is 8. The molecule has 0 N–H and O–H groups in total. The van der Waals surface area contributed by atoms with Crippen LogP contribution < -0.4 is 0 Å². The summed E-state index contributed by atoms with van der Waals surface area (Å²) in [6.45, 7) is 7.94. The summed E-state index contributed by atoms with van der Waals surface area (Å²) in [4.78, 5) is 50.2. The Morgan fingerprint density at radius 3 is 1.47 bits per heavy atom. The second-order valence-electron chi connectivity index (χ2n) is 7.31. The Kier molecular flexibility index (Phi) is 13.9. The van der Waals surface area contributed by atoms with Gasteiger partial charge in [0.15, 0.2) is 0 Å². The normalized spacial score (nSPS) is 25.9. The van der Waals surface area contributed by atoms with Crippen LogP contribution in [0.3, 0.4) is 0 Å². The number of cyclic esters (lactones) is 8. The smallest absolute Gasteiger partial charge is 0.466 e. The lowest BCUT2D eigenvalue weighted by Crippen LogP contribution is -2.06. The third-order valence-corrected chi connectivity index (χ3v) is 4.24. The van der Waals surface area contributed by atoms with Gasteiger partial charge in [-0.15, -0.1) is 0 Å². The average molecular weight is 492 g/mol. The van der Waals surface area contributed by atoms with Gasteiger partial charge in [0.1, 0.15) is 38.6 Å². The Hall–Kier alpha value is -3.25.